The number of allylic oxidation sites excluding steroid dienone is 2. The van der Waals surface area contributed by atoms with Gasteiger partial charge in [0, 0.05) is 0 Å². The molecule has 1 rings (SSSR count). The molecule has 0 saturated carbocycles. The van der Waals surface area contributed by atoms with Crippen molar-refractivity contribution in [3.8, 4) is 0 Å². The van der Waals surface area contributed by atoms with Crippen molar-refractivity contribution in [3.05, 3.63) is 12.2 Å². The zero-order chi connectivity index (χ0) is 9.14. The molecule has 1 aliphatic carbocycles. The van der Waals surface area contributed by atoms with Gasteiger partial charge >= 0.3 is 0 Å². The van der Waals surface area contributed by atoms with Crippen LogP contribution in [-0.2, 0) is 0 Å². The Labute approximate surface area is 77.1 Å². The first kappa shape index (κ1) is 9.83. The van der Waals surface area contributed by atoms with Crippen LogP contribution < -0.4 is 0 Å². The van der Waals surface area contributed by atoms with E-state index in [2.05, 4.69) is 39.8 Å². The van der Waals surface area contributed by atoms with E-state index in [1.54, 1.807) is 0 Å². The van der Waals surface area contributed by atoms with Crippen LogP contribution in [0, 0.1) is 23.7 Å². The molecule has 0 nitrogen and oxygen atoms in total. The molecule has 0 aliphatic heterocycles. The maximum atomic E-state index is 2.44. The lowest BCUT2D eigenvalue weighted by Gasteiger charge is -2.27. The van der Waals surface area contributed by atoms with Crippen LogP contribution in [0.5, 0.6) is 0 Å². The predicted molar refractivity (Wildman–Crippen MR) is 55.0 cm³/mol. The van der Waals surface area contributed by atoms with Crippen molar-refractivity contribution in [1.82, 2.24) is 0 Å². The first-order valence-corrected chi connectivity index (χ1v) is 5.29. The first-order chi connectivity index (χ1) is 5.61. The lowest BCUT2D eigenvalue weighted by molar-refractivity contribution is 0.332. The lowest BCUT2D eigenvalue weighted by Crippen LogP contribution is -2.16. The zero-order valence-electron chi connectivity index (χ0n) is 8.88. The molecular weight excluding hydrogens is 144 g/mol. The quantitative estimate of drug-likeness (QED) is 0.546. The summed E-state index contributed by atoms with van der Waals surface area (Å²) in [5, 5.41) is 0. The largest absolute Gasteiger partial charge is 0.0849 e. The van der Waals surface area contributed by atoms with Crippen molar-refractivity contribution < 1.29 is 0 Å². The number of hydrogen-bond acceptors (Lipinski definition) is 0. The van der Waals surface area contributed by atoms with Gasteiger partial charge in [-0.3, -0.25) is 0 Å². The molecule has 0 amide bonds. The van der Waals surface area contributed by atoms with Crippen LogP contribution in [0.3, 0.4) is 0 Å². The van der Waals surface area contributed by atoms with Gasteiger partial charge in [-0.1, -0.05) is 39.8 Å². The van der Waals surface area contributed by atoms with E-state index in [1.807, 2.05) is 0 Å². The Morgan fingerprint density at radius 2 is 1.17 bits per heavy atom. The molecule has 0 saturated heterocycles. The molecule has 12 heavy (non-hydrogen) atoms. The van der Waals surface area contributed by atoms with E-state index in [-0.39, 0.29) is 0 Å². The highest BCUT2D eigenvalue weighted by atomic mass is 14.2. The third kappa shape index (κ3) is 2.36. The van der Waals surface area contributed by atoms with Gasteiger partial charge in [-0.15, -0.1) is 0 Å². The van der Waals surface area contributed by atoms with E-state index >= 15 is 0 Å². The maximum absolute atomic E-state index is 2.44. The van der Waals surface area contributed by atoms with Crippen LogP contribution >= 0.6 is 0 Å². The van der Waals surface area contributed by atoms with E-state index < -0.39 is 0 Å². The summed E-state index contributed by atoms with van der Waals surface area (Å²) in [6.45, 7) is 9.30. The van der Waals surface area contributed by atoms with Crippen molar-refractivity contribution in [3.63, 3.8) is 0 Å². The predicted octanol–water partition coefficient (Wildman–Crippen LogP) is 3.88. The van der Waals surface area contributed by atoms with Gasteiger partial charge in [-0.05, 0) is 36.5 Å². The summed E-state index contributed by atoms with van der Waals surface area (Å²) in [7, 11) is 0. The molecule has 0 spiro atoms. The Morgan fingerprint density at radius 3 is 1.33 bits per heavy atom. The number of hydrogen-bond donors (Lipinski definition) is 0. The molecule has 0 radical (unpaired) electrons. The normalized spacial score (nSPS) is 30.2. The van der Waals surface area contributed by atoms with Crippen molar-refractivity contribution in [1.29, 1.82) is 0 Å². The molecule has 70 valence electrons. The summed E-state index contributed by atoms with van der Waals surface area (Å²) in [6, 6.07) is 0. The molecule has 0 heterocycles. The molecule has 0 aromatic heterocycles. The molecule has 0 fully saturated rings. The molecule has 0 heteroatoms. The summed E-state index contributed by atoms with van der Waals surface area (Å²) in [5.41, 5.74) is 0. The van der Waals surface area contributed by atoms with E-state index in [0.717, 1.165) is 23.7 Å². The Hall–Kier alpha value is -0.260. The number of rotatable bonds is 2. The van der Waals surface area contributed by atoms with Gasteiger partial charge < -0.3 is 0 Å². The molecule has 1 aliphatic rings. The van der Waals surface area contributed by atoms with E-state index in [4.69, 9.17) is 0 Å². The van der Waals surface area contributed by atoms with Gasteiger partial charge in [-0.2, -0.15) is 0 Å². The SMILES string of the molecule is CC(C)[C@H]1C=C[C@H](C(C)C)CC1. The molecule has 2 atom stereocenters. The third-order valence-corrected chi connectivity index (χ3v) is 3.15. The van der Waals surface area contributed by atoms with Crippen LogP contribution in [-0.4, -0.2) is 0 Å². The van der Waals surface area contributed by atoms with Crippen molar-refractivity contribution in [2.45, 2.75) is 40.5 Å². The Bertz CT molecular complexity index is 135. The van der Waals surface area contributed by atoms with Crippen LogP contribution in [0.1, 0.15) is 40.5 Å². The Kier molecular flexibility index (Phi) is 3.37. The fourth-order valence-corrected chi connectivity index (χ4v) is 1.97. The summed E-state index contributed by atoms with van der Waals surface area (Å²) < 4.78 is 0. The zero-order valence-corrected chi connectivity index (χ0v) is 8.88. The van der Waals surface area contributed by atoms with Crippen molar-refractivity contribution in [2.24, 2.45) is 23.7 Å². The fourth-order valence-electron chi connectivity index (χ4n) is 1.97. The summed E-state index contributed by atoms with van der Waals surface area (Å²) >= 11 is 0. The van der Waals surface area contributed by atoms with Gasteiger partial charge in [0.25, 0.3) is 0 Å². The van der Waals surface area contributed by atoms with Crippen LogP contribution in [0.15, 0.2) is 12.2 Å². The standard InChI is InChI=1S/C12H22/c1-9(2)11-5-7-12(8-6-11)10(3)4/h5,7,9-12H,6,8H2,1-4H3/t11-,12-/m0/s1. The Balaban J connectivity index is 2.47. The highest BCUT2D eigenvalue weighted by Gasteiger charge is 2.19. The Morgan fingerprint density at radius 1 is 0.833 bits per heavy atom. The molecule has 0 bridgehead atoms. The van der Waals surface area contributed by atoms with Gasteiger partial charge in [0.2, 0.25) is 0 Å². The maximum Gasteiger partial charge on any atom is -0.0210 e. The van der Waals surface area contributed by atoms with Gasteiger partial charge in [0.05, 0.1) is 0 Å². The molecule has 0 N–H and O–H groups in total. The second-order valence-corrected chi connectivity index (χ2v) is 4.78. The summed E-state index contributed by atoms with van der Waals surface area (Å²) in [5.74, 6) is 3.35. The van der Waals surface area contributed by atoms with Gasteiger partial charge in [-0.25, -0.2) is 0 Å². The molecule has 0 aromatic carbocycles. The van der Waals surface area contributed by atoms with Crippen molar-refractivity contribution >= 4 is 0 Å². The minimum absolute atomic E-state index is 0.828. The van der Waals surface area contributed by atoms with Crippen LogP contribution in [0.4, 0.5) is 0 Å². The topological polar surface area (TPSA) is 0 Å². The average Bonchev–Trinajstić information content (AvgIpc) is 2.04. The van der Waals surface area contributed by atoms with Gasteiger partial charge in [0.1, 0.15) is 0 Å². The van der Waals surface area contributed by atoms with Crippen molar-refractivity contribution in [2.75, 3.05) is 0 Å². The minimum Gasteiger partial charge on any atom is -0.0849 e. The highest BCUT2D eigenvalue weighted by Crippen LogP contribution is 2.30. The first-order valence-electron chi connectivity index (χ1n) is 5.29. The summed E-state index contributed by atoms with van der Waals surface area (Å²) in [6.07, 6.45) is 7.69. The highest BCUT2D eigenvalue weighted by molar-refractivity contribution is 4.99. The monoisotopic (exact) mass is 166 g/mol. The fraction of sp³-hybridized carbons (Fsp3) is 0.833. The second kappa shape index (κ2) is 4.11. The van der Waals surface area contributed by atoms with E-state index in [0.29, 0.717) is 0 Å². The molecule has 0 aromatic rings. The van der Waals surface area contributed by atoms with Crippen LogP contribution in [0.2, 0.25) is 0 Å². The minimum atomic E-state index is 0.828. The van der Waals surface area contributed by atoms with E-state index in [9.17, 15) is 0 Å². The summed E-state index contributed by atoms with van der Waals surface area (Å²) in [4.78, 5) is 0. The van der Waals surface area contributed by atoms with E-state index in [1.165, 1.54) is 12.8 Å². The van der Waals surface area contributed by atoms with Crippen LogP contribution in [0.25, 0.3) is 0 Å². The smallest absolute Gasteiger partial charge is 0.0210 e. The average molecular weight is 166 g/mol. The van der Waals surface area contributed by atoms with Gasteiger partial charge in [0.15, 0.2) is 0 Å². The second-order valence-electron chi connectivity index (χ2n) is 4.78. The third-order valence-electron chi connectivity index (χ3n) is 3.15. The lowest BCUT2D eigenvalue weighted by atomic mass is 9.79. The molecular formula is C12H22. The molecule has 0 unspecified atom stereocenters.